The van der Waals surface area contributed by atoms with Gasteiger partial charge in [-0.15, -0.1) is 0 Å². The van der Waals surface area contributed by atoms with Gasteiger partial charge >= 0.3 is 0 Å². The molecule has 1 heteroatoms. The summed E-state index contributed by atoms with van der Waals surface area (Å²) < 4.78 is 0. The fourth-order valence-corrected chi connectivity index (χ4v) is 1.90. The molecule has 0 saturated carbocycles. The second-order valence-corrected chi connectivity index (χ2v) is 5.11. The standard InChI is InChI=1S/C16H33N/c1-4-6-8-9-10-11-12-13-14-16(3)17-15-7-5-2/h9-10,16-17H,4-8,11-15H2,1-3H3. The lowest BCUT2D eigenvalue weighted by atomic mass is 10.1. The quantitative estimate of drug-likeness (QED) is 0.370. The van der Waals surface area contributed by atoms with E-state index in [0.717, 1.165) is 0 Å². The molecule has 0 aliphatic heterocycles. The van der Waals surface area contributed by atoms with Crippen molar-refractivity contribution in [2.24, 2.45) is 0 Å². The van der Waals surface area contributed by atoms with Crippen LogP contribution >= 0.6 is 0 Å². The molecule has 17 heavy (non-hydrogen) atoms. The summed E-state index contributed by atoms with van der Waals surface area (Å²) in [6.07, 6.45) is 16.6. The van der Waals surface area contributed by atoms with Crippen LogP contribution in [-0.2, 0) is 0 Å². The van der Waals surface area contributed by atoms with Crippen molar-refractivity contribution in [1.29, 1.82) is 0 Å². The highest BCUT2D eigenvalue weighted by Crippen LogP contribution is 2.05. The Balaban J connectivity index is 3.18. The van der Waals surface area contributed by atoms with Gasteiger partial charge in [-0.2, -0.15) is 0 Å². The number of hydrogen-bond donors (Lipinski definition) is 1. The lowest BCUT2D eigenvalue weighted by Crippen LogP contribution is -2.26. The minimum Gasteiger partial charge on any atom is -0.314 e. The van der Waals surface area contributed by atoms with Crippen molar-refractivity contribution in [1.82, 2.24) is 5.32 Å². The first kappa shape index (κ1) is 16.7. The summed E-state index contributed by atoms with van der Waals surface area (Å²) in [5.41, 5.74) is 0. The molecule has 0 amide bonds. The molecule has 0 aromatic rings. The topological polar surface area (TPSA) is 12.0 Å². The molecule has 0 heterocycles. The van der Waals surface area contributed by atoms with Crippen molar-refractivity contribution in [3.63, 3.8) is 0 Å². The van der Waals surface area contributed by atoms with Crippen molar-refractivity contribution >= 4 is 0 Å². The molecule has 0 aromatic carbocycles. The molecule has 0 fully saturated rings. The van der Waals surface area contributed by atoms with Crippen molar-refractivity contribution < 1.29 is 0 Å². The zero-order valence-electron chi connectivity index (χ0n) is 12.3. The number of nitrogens with one attached hydrogen (secondary N) is 1. The largest absolute Gasteiger partial charge is 0.314 e. The van der Waals surface area contributed by atoms with Crippen LogP contribution < -0.4 is 5.32 Å². The fourth-order valence-electron chi connectivity index (χ4n) is 1.90. The van der Waals surface area contributed by atoms with Gasteiger partial charge in [0.1, 0.15) is 0 Å². The van der Waals surface area contributed by atoms with E-state index in [1.54, 1.807) is 0 Å². The SMILES string of the molecule is CCCCC=CCCCCC(C)NCCCC. The molecule has 0 aliphatic rings. The maximum Gasteiger partial charge on any atom is 0.00387 e. The van der Waals surface area contributed by atoms with Crippen LogP contribution in [0.5, 0.6) is 0 Å². The molecule has 0 spiro atoms. The van der Waals surface area contributed by atoms with Crippen LogP contribution in [-0.4, -0.2) is 12.6 Å². The zero-order valence-corrected chi connectivity index (χ0v) is 12.3. The second kappa shape index (κ2) is 13.8. The molecule has 0 saturated heterocycles. The first-order chi connectivity index (χ1) is 8.31. The van der Waals surface area contributed by atoms with Crippen LogP contribution in [0, 0.1) is 0 Å². The summed E-state index contributed by atoms with van der Waals surface area (Å²) in [7, 11) is 0. The first-order valence-corrected chi connectivity index (χ1v) is 7.69. The summed E-state index contributed by atoms with van der Waals surface area (Å²) in [5.74, 6) is 0. The average Bonchev–Trinajstić information content (AvgIpc) is 2.33. The molecule has 0 aliphatic carbocycles. The number of rotatable bonds is 12. The Morgan fingerprint density at radius 3 is 2.18 bits per heavy atom. The van der Waals surface area contributed by atoms with E-state index in [1.807, 2.05) is 0 Å². The Bertz CT molecular complexity index is 163. The third-order valence-electron chi connectivity index (χ3n) is 3.17. The predicted molar refractivity (Wildman–Crippen MR) is 79.5 cm³/mol. The van der Waals surface area contributed by atoms with Gasteiger partial charge in [0.25, 0.3) is 0 Å². The van der Waals surface area contributed by atoms with Crippen molar-refractivity contribution in [3.8, 4) is 0 Å². The summed E-state index contributed by atoms with van der Waals surface area (Å²) in [5, 5.41) is 3.58. The van der Waals surface area contributed by atoms with Crippen LogP contribution in [0.25, 0.3) is 0 Å². The van der Waals surface area contributed by atoms with Crippen LogP contribution in [0.3, 0.4) is 0 Å². The average molecular weight is 239 g/mol. The van der Waals surface area contributed by atoms with Crippen molar-refractivity contribution in [2.75, 3.05) is 6.54 Å². The Morgan fingerprint density at radius 2 is 1.53 bits per heavy atom. The minimum atomic E-state index is 0.700. The summed E-state index contributed by atoms with van der Waals surface area (Å²) in [4.78, 5) is 0. The monoisotopic (exact) mass is 239 g/mol. The molecule has 1 atom stereocenters. The predicted octanol–water partition coefficient (Wildman–Crippen LogP) is 5.07. The van der Waals surface area contributed by atoms with E-state index in [9.17, 15) is 0 Å². The highest BCUT2D eigenvalue weighted by molar-refractivity contribution is 4.81. The molecule has 0 rings (SSSR count). The molecular formula is C16H33N. The Labute approximate surface area is 109 Å². The van der Waals surface area contributed by atoms with Crippen LogP contribution in [0.1, 0.15) is 78.6 Å². The van der Waals surface area contributed by atoms with E-state index in [4.69, 9.17) is 0 Å². The van der Waals surface area contributed by atoms with Crippen molar-refractivity contribution in [2.45, 2.75) is 84.6 Å². The normalized spacial score (nSPS) is 13.4. The lowest BCUT2D eigenvalue weighted by molar-refractivity contribution is 0.483. The van der Waals surface area contributed by atoms with Gasteiger partial charge in [-0.05, 0) is 45.6 Å². The molecule has 102 valence electrons. The van der Waals surface area contributed by atoms with E-state index in [2.05, 4.69) is 38.2 Å². The van der Waals surface area contributed by atoms with Gasteiger partial charge in [-0.1, -0.05) is 51.7 Å². The van der Waals surface area contributed by atoms with Crippen LogP contribution in [0.15, 0.2) is 12.2 Å². The highest BCUT2D eigenvalue weighted by Gasteiger charge is 1.99. The minimum absolute atomic E-state index is 0.700. The smallest absolute Gasteiger partial charge is 0.00387 e. The van der Waals surface area contributed by atoms with Gasteiger partial charge < -0.3 is 5.32 Å². The summed E-state index contributed by atoms with van der Waals surface area (Å²) in [6, 6.07) is 0.700. The van der Waals surface area contributed by atoms with Crippen molar-refractivity contribution in [3.05, 3.63) is 12.2 Å². The zero-order chi connectivity index (χ0) is 12.8. The van der Waals surface area contributed by atoms with Gasteiger partial charge in [0.15, 0.2) is 0 Å². The number of hydrogen-bond acceptors (Lipinski definition) is 1. The first-order valence-electron chi connectivity index (χ1n) is 7.69. The third-order valence-corrected chi connectivity index (χ3v) is 3.17. The van der Waals surface area contributed by atoms with Crippen LogP contribution in [0.2, 0.25) is 0 Å². The van der Waals surface area contributed by atoms with E-state index >= 15 is 0 Å². The lowest BCUT2D eigenvalue weighted by Gasteiger charge is -2.12. The Kier molecular flexibility index (Phi) is 13.5. The Morgan fingerprint density at radius 1 is 0.882 bits per heavy atom. The van der Waals surface area contributed by atoms with E-state index < -0.39 is 0 Å². The van der Waals surface area contributed by atoms with E-state index in [1.165, 1.54) is 64.3 Å². The van der Waals surface area contributed by atoms with Gasteiger partial charge in [-0.3, -0.25) is 0 Å². The van der Waals surface area contributed by atoms with E-state index in [0.29, 0.717) is 6.04 Å². The molecule has 0 aromatic heterocycles. The number of unbranched alkanes of at least 4 members (excludes halogenated alkanes) is 5. The number of allylic oxidation sites excluding steroid dienone is 2. The second-order valence-electron chi connectivity index (χ2n) is 5.11. The molecule has 0 radical (unpaired) electrons. The highest BCUT2D eigenvalue weighted by atomic mass is 14.9. The van der Waals surface area contributed by atoms with Crippen LogP contribution in [0.4, 0.5) is 0 Å². The third kappa shape index (κ3) is 13.6. The van der Waals surface area contributed by atoms with Gasteiger partial charge in [-0.25, -0.2) is 0 Å². The maximum atomic E-state index is 3.58. The van der Waals surface area contributed by atoms with Gasteiger partial charge in [0.05, 0.1) is 0 Å². The molecule has 0 bridgehead atoms. The van der Waals surface area contributed by atoms with E-state index in [-0.39, 0.29) is 0 Å². The fraction of sp³-hybridized carbons (Fsp3) is 0.875. The molecule has 1 N–H and O–H groups in total. The maximum absolute atomic E-state index is 3.58. The Hall–Kier alpha value is -0.300. The molecule has 1 nitrogen and oxygen atoms in total. The molecular weight excluding hydrogens is 206 g/mol. The summed E-state index contributed by atoms with van der Waals surface area (Å²) in [6.45, 7) is 8.00. The molecule has 1 unspecified atom stereocenters. The summed E-state index contributed by atoms with van der Waals surface area (Å²) >= 11 is 0. The van der Waals surface area contributed by atoms with Gasteiger partial charge in [0.2, 0.25) is 0 Å². The van der Waals surface area contributed by atoms with Gasteiger partial charge in [0, 0.05) is 6.04 Å².